The molecule has 2 aromatic carbocycles. The van der Waals surface area contributed by atoms with E-state index in [9.17, 15) is 4.79 Å². The first-order chi connectivity index (χ1) is 17.2. The minimum Gasteiger partial charge on any atom is -0.493 e. The molecule has 0 saturated carbocycles. The van der Waals surface area contributed by atoms with E-state index in [4.69, 9.17) is 19.0 Å². The zero-order valence-electron chi connectivity index (χ0n) is 19.0. The number of carbonyl (C=O) groups is 1. The number of nitrogens with one attached hydrogen (secondary N) is 1. The fraction of sp³-hybridized carbons (Fsp3) is 0.115. The first kappa shape index (κ1) is 22.2. The molecule has 0 radical (unpaired) electrons. The molecule has 9 nitrogen and oxygen atoms in total. The van der Waals surface area contributed by atoms with Gasteiger partial charge in [0.15, 0.2) is 11.6 Å². The number of hydrogen-bond acceptors (Lipinski definition) is 8. The van der Waals surface area contributed by atoms with Gasteiger partial charge in [-0.25, -0.2) is 4.98 Å². The minimum atomic E-state index is -1.58. The van der Waals surface area contributed by atoms with Gasteiger partial charge in [-0.2, -0.15) is 10.2 Å². The molecule has 0 unspecified atom stereocenters. The van der Waals surface area contributed by atoms with Crippen molar-refractivity contribution in [3.8, 4) is 17.0 Å². The van der Waals surface area contributed by atoms with E-state index in [0.717, 1.165) is 16.5 Å². The highest BCUT2D eigenvalue weighted by Crippen LogP contribution is 2.36. The Balaban J connectivity index is 1.60. The molecule has 174 valence electrons. The Hall–Kier alpha value is -4.63. The summed E-state index contributed by atoms with van der Waals surface area (Å²) in [6, 6.07) is 21.8. The maximum absolute atomic E-state index is 13.9. The average molecular weight is 467 g/mol. The summed E-state index contributed by atoms with van der Waals surface area (Å²) in [6.45, 7) is 0. The number of benzene rings is 2. The lowest BCUT2D eigenvalue weighted by Crippen LogP contribution is -2.43. The number of methoxy groups -OCH3 is 2. The highest BCUT2D eigenvalue weighted by atomic mass is 16.5. The Morgan fingerprint density at radius 1 is 0.971 bits per heavy atom. The molecule has 0 fully saturated rings. The van der Waals surface area contributed by atoms with Gasteiger partial charge in [0, 0.05) is 24.1 Å². The molecule has 0 aliphatic carbocycles. The highest BCUT2D eigenvalue weighted by molar-refractivity contribution is 6.01. The third-order valence-corrected chi connectivity index (χ3v) is 5.74. The molecule has 1 amide bonds. The van der Waals surface area contributed by atoms with Crippen LogP contribution in [0.5, 0.6) is 5.75 Å². The van der Waals surface area contributed by atoms with E-state index in [0.29, 0.717) is 22.7 Å². The van der Waals surface area contributed by atoms with Gasteiger partial charge in [0.1, 0.15) is 12.0 Å². The molecule has 0 bridgehead atoms. The molecule has 3 aromatic heterocycles. The summed E-state index contributed by atoms with van der Waals surface area (Å²) in [5.41, 5.74) is 1.39. The van der Waals surface area contributed by atoms with Crippen molar-refractivity contribution in [2.75, 3.05) is 19.5 Å². The summed E-state index contributed by atoms with van der Waals surface area (Å²) in [7, 11) is 2.95. The van der Waals surface area contributed by atoms with Crippen LogP contribution < -0.4 is 10.1 Å². The van der Waals surface area contributed by atoms with Crippen molar-refractivity contribution in [1.82, 2.24) is 20.3 Å². The smallest absolute Gasteiger partial charge is 0.269 e. The first-order valence-corrected chi connectivity index (χ1v) is 10.8. The van der Waals surface area contributed by atoms with Gasteiger partial charge in [-0.15, -0.1) is 0 Å². The monoisotopic (exact) mass is 467 g/mol. The van der Waals surface area contributed by atoms with Crippen LogP contribution in [-0.4, -0.2) is 40.5 Å². The Kier molecular flexibility index (Phi) is 5.90. The number of ether oxygens (including phenoxy) is 2. The van der Waals surface area contributed by atoms with E-state index in [1.807, 2.05) is 42.5 Å². The van der Waals surface area contributed by atoms with Crippen LogP contribution in [0.15, 0.2) is 89.8 Å². The maximum atomic E-state index is 13.9. The molecule has 35 heavy (non-hydrogen) atoms. The average Bonchev–Trinajstić information content (AvgIpc) is 3.45. The molecule has 0 aliphatic heterocycles. The Bertz CT molecular complexity index is 1470. The molecular weight excluding hydrogens is 446 g/mol. The molecule has 0 spiro atoms. The van der Waals surface area contributed by atoms with Crippen molar-refractivity contribution >= 4 is 22.6 Å². The highest BCUT2D eigenvalue weighted by Gasteiger charge is 2.45. The lowest BCUT2D eigenvalue weighted by atomic mass is 9.89. The van der Waals surface area contributed by atoms with Gasteiger partial charge in [0.05, 0.1) is 24.5 Å². The van der Waals surface area contributed by atoms with Crippen LogP contribution in [0.25, 0.3) is 22.2 Å². The second kappa shape index (κ2) is 9.32. The van der Waals surface area contributed by atoms with Gasteiger partial charge in [0.2, 0.25) is 5.60 Å². The number of aromatic nitrogens is 4. The molecule has 9 heteroatoms. The van der Waals surface area contributed by atoms with Crippen molar-refractivity contribution in [1.29, 1.82) is 0 Å². The Morgan fingerprint density at radius 3 is 2.51 bits per heavy atom. The number of hydrogen-bond donors (Lipinski definition) is 1. The zero-order valence-corrected chi connectivity index (χ0v) is 19.0. The van der Waals surface area contributed by atoms with Crippen LogP contribution in [0.1, 0.15) is 11.3 Å². The number of fused-ring (bicyclic) bond motifs is 1. The largest absolute Gasteiger partial charge is 0.493 e. The van der Waals surface area contributed by atoms with Crippen LogP contribution in [0, 0.1) is 0 Å². The molecular formula is C26H21N5O4. The SMILES string of the molecule is COc1ccc(-c2cnnc3ccccc23)nc1NC(=O)[C@](OC)(c1ccccc1)c1ccon1. The summed E-state index contributed by atoms with van der Waals surface area (Å²) in [6.07, 6.45) is 3.03. The molecule has 5 rings (SSSR count). The molecule has 3 heterocycles. The predicted molar refractivity (Wildman–Crippen MR) is 129 cm³/mol. The van der Waals surface area contributed by atoms with Crippen LogP contribution in [0.2, 0.25) is 0 Å². The first-order valence-electron chi connectivity index (χ1n) is 10.8. The lowest BCUT2D eigenvalue weighted by Gasteiger charge is -2.29. The van der Waals surface area contributed by atoms with Crippen molar-refractivity contribution in [3.63, 3.8) is 0 Å². The normalized spacial score (nSPS) is 12.7. The fourth-order valence-corrected chi connectivity index (χ4v) is 4.03. The summed E-state index contributed by atoms with van der Waals surface area (Å²) in [5, 5.41) is 16.1. The number of carbonyl (C=O) groups excluding carboxylic acids is 1. The van der Waals surface area contributed by atoms with Crippen LogP contribution >= 0.6 is 0 Å². The molecule has 1 atom stereocenters. The van der Waals surface area contributed by atoms with Crippen molar-refractivity contribution in [3.05, 3.63) is 96.5 Å². The Labute approximate surface area is 200 Å². The third kappa shape index (κ3) is 3.87. The second-order valence-corrected chi connectivity index (χ2v) is 7.61. The van der Waals surface area contributed by atoms with Crippen molar-refractivity contribution in [2.45, 2.75) is 5.60 Å². The van der Waals surface area contributed by atoms with Crippen LogP contribution in [0.4, 0.5) is 5.82 Å². The third-order valence-electron chi connectivity index (χ3n) is 5.74. The number of nitrogens with zero attached hydrogens (tertiary/aromatic N) is 4. The van der Waals surface area contributed by atoms with Gasteiger partial charge in [-0.3, -0.25) is 4.79 Å². The van der Waals surface area contributed by atoms with E-state index in [1.54, 1.807) is 36.5 Å². The number of pyridine rings is 1. The number of amides is 1. The molecule has 5 aromatic rings. The summed E-state index contributed by atoms with van der Waals surface area (Å²) in [4.78, 5) is 18.6. The van der Waals surface area contributed by atoms with E-state index in [2.05, 4.69) is 20.7 Å². The van der Waals surface area contributed by atoms with Crippen LogP contribution in [0.3, 0.4) is 0 Å². The summed E-state index contributed by atoms with van der Waals surface area (Å²) >= 11 is 0. The van der Waals surface area contributed by atoms with Gasteiger partial charge in [-0.1, -0.05) is 53.7 Å². The number of anilines is 1. The van der Waals surface area contributed by atoms with Gasteiger partial charge >= 0.3 is 0 Å². The fourth-order valence-electron chi connectivity index (χ4n) is 4.03. The second-order valence-electron chi connectivity index (χ2n) is 7.61. The minimum absolute atomic E-state index is 0.219. The van der Waals surface area contributed by atoms with E-state index in [-0.39, 0.29) is 5.82 Å². The standard InChI is InChI=1S/C26H21N5O4/c1-33-22-13-12-20(19-16-27-30-21-11-7-6-10-18(19)21)28-24(22)29-25(32)26(34-2,23-14-15-35-31-23)17-8-4-3-5-9-17/h3-16H,1-2H3,(H,28,29,32)/t26-/m0/s1. The Morgan fingerprint density at radius 2 is 1.77 bits per heavy atom. The lowest BCUT2D eigenvalue weighted by molar-refractivity contribution is -0.134. The summed E-state index contributed by atoms with van der Waals surface area (Å²) in [5.74, 6) is 0.0872. The topological polar surface area (TPSA) is 112 Å². The maximum Gasteiger partial charge on any atom is 0.269 e. The van der Waals surface area contributed by atoms with Gasteiger partial charge in [-0.05, 0) is 23.8 Å². The molecule has 0 aliphatic rings. The van der Waals surface area contributed by atoms with E-state index >= 15 is 0 Å². The van der Waals surface area contributed by atoms with Crippen molar-refractivity contribution in [2.24, 2.45) is 0 Å². The number of rotatable bonds is 7. The van der Waals surface area contributed by atoms with Gasteiger partial charge in [0.25, 0.3) is 5.91 Å². The predicted octanol–water partition coefficient (Wildman–Crippen LogP) is 4.22. The van der Waals surface area contributed by atoms with E-state index < -0.39 is 11.5 Å². The molecule has 1 N–H and O–H groups in total. The van der Waals surface area contributed by atoms with Crippen LogP contribution in [-0.2, 0) is 15.1 Å². The van der Waals surface area contributed by atoms with E-state index in [1.165, 1.54) is 20.5 Å². The molecule has 0 saturated heterocycles. The van der Waals surface area contributed by atoms with Crippen molar-refractivity contribution < 1.29 is 18.8 Å². The zero-order chi connectivity index (χ0) is 24.3. The summed E-state index contributed by atoms with van der Waals surface area (Å²) < 4.78 is 16.4. The quantitative estimate of drug-likeness (QED) is 0.379. The van der Waals surface area contributed by atoms with Gasteiger partial charge < -0.3 is 19.3 Å².